The summed E-state index contributed by atoms with van der Waals surface area (Å²) in [5.74, 6) is -0.179. The maximum absolute atomic E-state index is 11.8. The van der Waals surface area contributed by atoms with Crippen LogP contribution in [-0.4, -0.2) is 15.8 Å². The summed E-state index contributed by atoms with van der Waals surface area (Å²) in [7, 11) is 0. The Balaban J connectivity index is 1.76. The quantitative estimate of drug-likeness (QED) is 0.586. The largest absolute Gasteiger partial charge is 0.459 e. The van der Waals surface area contributed by atoms with Gasteiger partial charge in [-0.25, -0.2) is 4.98 Å². The van der Waals surface area contributed by atoms with E-state index in [9.17, 15) is 14.9 Å². The highest BCUT2D eigenvalue weighted by atomic mass is 32.1. The smallest absolute Gasteiger partial charge is 0.293 e. The molecule has 0 aliphatic heterocycles. The Labute approximate surface area is 128 Å². The molecular weight excluding hydrogens is 306 g/mol. The number of anilines is 1. The number of amides is 1. The van der Waals surface area contributed by atoms with E-state index >= 15 is 0 Å². The average molecular weight is 315 g/mol. The van der Waals surface area contributed by atoms with Gasteiger partial charge in [-0.3, -0.25) is 20.2 Å². The van der Waals surface area contributed by atoms with E-state index in [1.807, 2.05) is 0 Å². The minimum absolute atomic E-state index is 0.0188. The van der Waals surface area contributed by atoms with Gasteiger partial charge in [0.15, 0.2) is 10.9 Å². The molecule has 1 N–H and O–H groups in total. The molecule has 0 bridgehead atoms. The number of nitro groups is 1. The Morgan fingerprint density at radius 1 is 1.27 bits per heavy atom. The first-order chi connectivity index (χ1) is 10.6. The highest BCUT2D eigenvalue weighted by Gasteiger charge is 2.12. The molecule has 0 fully saturated rings. The van der Waals surface area contributed by atoms with Crippen LogP contribution < -0.4 is 5.32 Å². The second kappa shape index (κ2) is 5.78. The molecule has 0 spiro atoms. The zero-order chi connectivity index (χ0) is 15.5. The van der Waals surface area contributed by atoms with Crippen LogP contribution in [-0.2, 0) is 0 Å². The van der Waals surface area contributed by atoms with E-state index in [-0.39, 0.29) is 17.4 Å². The van der Waals surface area contributed by atoms with Gasteiger partial charge < -0.3 is 4.42 Å². The number of aromatic nitrogens is 1. The summed E-state index contributed by atoms with van der Waals surface area (Å²) in [5.41, 5.74) is 1.39. The van der Waals surface area contributed by atoms with Gasteiger partial charge in [-0.05, 0) is 24.3 Å². The zero-order valence-electron chi connectivity index (χ0n) is 11.1. The number of furan rings is 1. The zero-order valence-corrected chi connectivity index (χ0v) is 11.9. The number of hydrogen-bond donors (Lipinski definition) is 1. The first kappa shape index (κ1) is 14.0. The molecule has 2 heterocycles. The fourth-order valence-corrected chi connectivity index (χ4v) is 2.50. The molecule has 110 valence electrons. The number of benzene rings is 1. The lowest BCUT2D eigenvalue weighted by Crippen LogP contribution is -2.10. The predicted molar refractivity (Wildman–Crippen MR) is 80.9 cm³/mol. The van der Waals surface area contributed by atoms with Gasteiger partial charge in [0, 0.05) is 23.1 Å². The molecule has 0 saturated carbocycles. The van der Waals surface area contributed by atoms with Gasteiger partial charge in [0.05, 0.1) is 16.9 Å². The number of non-ortho nitro benzene ring substituents is 1. The van der Waals surface area contributed by atoms with Crippen molar-refractivity contribution in [3.63, 3.8) is 0 Å². The predicted octanol–water partition coefficient (Wildman–Crippen LogP) is 3.56. The van der Waals surface area contributed by atoms with Crippen LogP contribution in [0.2, 0.25) is 0 Å². The van der Waals surface area contributed by atoms with Crippen LogP contribution in [0.5, 0.6) is 0 Å². The van der Waals surface area contributed by atoms with E-state index in [4.69, 9.17) is 4.42 Å². The number of carbonyl (C=O) groups excluding carboxylic acids is 1. The van der Waals surface area contributed by atoms with E-state index in [2.05, 4.69) is 10.3 Å². The maximum Gasteiger partial charge on any atom is 0.293 e. The summed E-state index contributed by atoms with van der Waals surface area (Å²) in [6.07, 6.45) is 1.42. The van der Waals surface area contributed by atoms with Crippen molar-refractivity contribution < 1.29 is 14.1 Å². The summed E-state index contributed by atoms with van der Waals surface area (Å²) in [6.45, 7) is 0. The lowest BCUT2D eigenvalue weighted by Gasteiger charge is -1.98. The minimum atomic E-state index is -0.458. The molecule has 3 aromatic rings. The van der Waals surface area contributed by atoms with Gasteiger partial charge in [0.25, 0.3) is 11.6 Å². The van der Waals surface area contributed by atoms with Crippen LogP contribution in [0.25, 0.3) is 11.3 Å². The molecule has 0 aliphatic rings. The van der Waals surface area contributed by atoms with Crippen molar-refractivity contribution in [1.82, 2.24) is 4.98 Å². The molecule has 0 aliphatic carbocycles. The Morgan fingerprint density at radius 2 is 2.05 bits per heavy atom. The summed E-state index contributed by atoms with van der Waals surface area (Å²) in [4.78, 5) is 26.3. The third kappa shape index (κ3) is 2.86. The second-order valence-electron chi connectivity index (χ2n) is 4.27. The molecule has 1 aromatic carbocycles. The third-order valence-corrected chi connectivity index (χ3v) is 3.60. The third-order valence-electron chi connectivity index (χ3n) is 2.84. The number of thiazole rings is 1. The van der Waals surface area contributed by atoms with Crippen LogP contribution in [0, 0.1) is 10.1 Å². The van der Waals surface area contributed by atoms with Crippen molar-refractivity contribution in [1.29, 1.82) is 0 Å². The van der Waals surface area contributed by atoms with Crippen molar-refractivity contribution in [3.8, 4) is 11.3 Å². The summed E-state index contributed by atoms with van der Waals surface area (Å²) < 4.78 is 5.00. The SMILES string of the molecule is O=C(Nc1nc(-c2ccc([N+](=O)[O-])cc2)cs1)c1ccco1. The number of carbonyl (C=O) groups is 1. The Bertz CT molecular complexity index is 809. The molecule has 3 rings (SSSR count). The van der Waals surface area contributed by atoms with Crippen molar-refractivity contribution in [2.75, 3.05) is 5.32 Å². The van der Waals surface area contributed by atoms with Crippen LogP contribution in [0.15, 0.2) is 52.5 Å². The van der Waals surface area contributed by atoms with Gasteiger partial charge >= 0.3 is 0 Å². The van der Waals surface area contributed by atoms with Gasteiger partial charge in [0.1, 0.15) is 0 Å². The number of rotatable bonds is 4. The number of nitro benzene ring substituents is 1. The Hall–Kier alpha value is -3.00. The lowest BCUT2D eigenvalue weighted by atomic mass is 10.1. The summed E-state index contributed by atoms with van der Waals surface area (Å²) in [6, 6.07) is 9.24. The van der Waals surface area contributed by atoms with E-state index in [1.54, 1.807) is 29.6 Å². The molecule has 7 nitrogen and oxygen atoms in total. The topological polar surface area (TPSA) is 98.3 Å². The van der Waals surface area contributed by atoms with Crippen molar-refractivity contribution in [2.45, 2.75) is 0 Å². The number of nitrogens with one attached hydrogen (secondary N) is 1. The molecule has 0 atom stereocenters. The van der Waals surface area contributed by atoms with Crippen LogP contribution >= 0.6 is 11.3 Å². The lowest BCUT2D eigenvalue weighted by molar-refractivity contribution is -0.384. The second-order valence-corrected chi connectivity index (χ2v) is 5.13. The fourth-order valence-electron chi connectivity index (χ4n) is 1.78. The molecule has 0 unspecified atom stereocenters. The maximum atomic E-state index is 11.8. The van der Waals surface area contributed by atoms with E-state index in [0.29, 0.717) is 10.8 Å². The normalized spacial score (nSPS) is 10.4. The Kier molecular flexibility index (Phi) is 3.67. The van der Waals surface area contributed by atoms with E-state index in [0.717, 1.165) is 5.56 Å². The molecule has 1 amide bonds. The van der Waals surface area contributed by atoms with Crippen molar-refractivity contribution >= 4 is 28.1 Å². The molecular formula is C14H9N3O4S. The van der Waals surface area contributed by atoms with Crippen LogP contribution in [0.3, 0.4) is 0 Å². The standard InChI is InChI=1S/C14H9N3O4S/c18-13(12-2-1-7-21-12)16-14-15-11(8-22-14)9-3-5-10(6-4-9)17(19)20/h1-8H,(H,15,16,18). The number of hydrogen-bond acceptors (Lipinski definition) is 6. The molecule has 0 saturated heterocycles. The monoisotopic (exact) mass is 315 g/mol. The van der Waals surface area contributed by atoms with Gasteiger partial charge in [-0.15, -0.1) is 11.3 Å². The molecule has 8 heteroatoms. The number of nitrogens with zero attached hydrogens (tertiary/aromatic N) is 2. The summed E-state index contributed by atoms with van der Waals surface area (Å²) >= 11 is 1.26. The van der Waals surface area contributed by atoms with Crippen LogP contribution in [0.1, 0.15) is 10.6 Å². The van der Waals surface area contributed by atoms with Crippen LogP contribution in [0.4, 0.5) is 10.8 Å². The fraction of sp³-hybridized carbons (Fsp3) is 0. The first-order valence-corrected chi connectivity index (χ1v) is 7.06. The average Bonchev–Trinajstić information content (AvgIpc) is 3.19. The van der Waals surface area contributed by atoms with E-state index in [1.165, 1.54) is 29.7 Å². The van der Waals surface area contributed by atoms with Gasteiger partial charge in [-0.1, -0.05) is 0 Å². The Morgan fingerprint density at radius 3 is 2.68 bits per heavy atom. The molecule has 22 heavy (non-hydrogen) atoms. The van der Waals surface area contributed by atoms with Crippen molar-refractivity contribution in [2.24, 2.45) is 0 Å². The first-order valence-electron chi connectivity index (χ1n) is 6.19. The molecule has 2 aromatic heterocycles. The van der Waals surface area contributed by atoms with E-state index < -0.39 is 4.92 Å². The molecule has 0 radical (unpaired) electrons. The van der Waals surface area contributed by atoms with Gasteiger partial charge in [-0.2, -0.15) is 0 Å². The highest BCUT2D eigenvalue weighted by molar-refractivity contribution is 7.14. The van der Waals surface area contributed by atoms with Gasteiger partial charge in [0.2, 0.25) is 0 Å². The highest BCUT2D eigenvalue weighted by Crippen LogP contribution is 2.26. The van der Waals surface area contributed by atoms with Crippen molar-refractivity contribution in [3.05, 3.63) is 63.9 Å². The summed E-state index contributed by atoms with van der Waals surface area (Å²) in [5, 5.41) is 15.4. The minimum Gasteiger partial charge on any atom is -0.459 e.